The summed E-state index contributed by atoms with van der Waals surface area (Å²) >= 11 is 0. The molecule has 3 nitrogen and oxygen atoms in total. The normalized spacial score (nSPS) is 17.8. The first-order valence-electron chi connectivity index (χ1n) is 20.5. The minimum atomic E-state index is -0.0450. The lowest BCUT2D eigenvalue weighted by molar-refractivity contribution is 0.332. The molecule has 3 aliphatic carbocycles. The van der Waals surface area contributed by atoms with E-state index in [9.17, 15) is 0 Å². The van der Waals surface area contributed by atoms with E-state index in [1.807, 2.05) is 0 Å². The zero-order valence-electron chi connectivity index (χ0n) is 33.3. The monoisotopic (exact) mass is 728 g/mol. The summed E-state index contributed by atoms with van der Waals surface area (Å²) in [6, 6.07) is 45.4. The Morgan fingerprint density at radius 1 is 0.589 bits per heavy atom. The van der Waals surface area contributed by atoms with E-state index in [1.54, 1.807) is 5.57 Å². The van der Waals surface area contributed by atoms with Crippen LogP contribution in [0.3, 0.4) is 0 Å². The molecule has 0 bridgehead atoms. The van der Waals surface area contributed by atoms with Gasteiger partial charge >= 0.3 is 0 Å². The van der Waals surface area contributed by atoms with Gasteiger partial charge in [0, 0.05) is 38.6 Å². The van der Waals surface area contributed by atoms with Crippen molar-refractivity contribution in [2.75, 3.05) is 4.90 Å². The van der Waals surface area contributed by atoms with E-state index in [0.717, 1.165) is 51.8 Å². The Morgan fingerprint density at radius 3 is 2.16 bits per heavy atom. The van der Waals surface area contributed by atoms with Gasteiger partial charge in [-0.25, -0.2) is 0 Å². The molecule has 0 fully saturated rings. The summed E-state index contributed by atoms with van der Waals surface area (Å²) in [5.41, 5.74) is 17.8. The minimum Gasteiger partial charge on any atom is -0.456 e. The summed E-state index contributed by atoms with van der Waals surface area (Å²) in [7, 11) is 0. The van der Waals surface area contributed by atoms with Gasteiger partial charge in [0.25, 0.3) is 0 Å². The van der Waals surface area contributed by atoms with Gasteiger partial charge in [-0.2, -0.15) is 0 Å². The van der Waals surface area contributed by atoms with Crippen LogP contribution in [0.5, 0.6) is 0 Å². The number of para-hydroxylation sites is 2. The van der Waals surface area contributed by atoms with Gasteiger partial charge in [-0.3, -0.25) is 0 Å². The molecule has 0 N–H and O–H groups in total. The number of furan rings is 1. The van der Waals surface area contributed by atoms with Crippen molar-refractivity contribution < 1.29 is 4.42 Å². The number of anilines is 3. The highest BCUT2D eigenvalue weighted by Gasteiger charge is 2.39. The van der Waals surface area contributed by atoms with E-state index in [-0.39, 0.29) is 16.2 Å². The smallest absolute Gasteiger partial charge is 0.137 e. The average Bonchev–Trinajstić information content (AvgIpc) is 3.82. The first-order chi connectivity index (χ1) is 27.0. The second-order valence-electron chi connectivity index (χ2n) is 18.3. The van der Waals surface area contributed by atoms with Crippen molar-refractivity contribution in [3.8, 4) is 5.69 Å². The quantitative estimate of drug-likeness (QED) is 0.180. The predicted molar refractivity (Wildman–Crippen MR) is 236 cm³/mol. The van der Waals surface area contributed by atoms with Gasteiger partial charge in [0.05, 0.1) is 22.1 Å². The summed E-state index contributed by atoms with van der Waals surface area (Å²) in [6.07, 6.45) is 9.31. The Labute approximate surface area is 329 Å². The SMILES string of the molecule is CC1(C)CCC(C)(C)c2cc(-n3c4ccccc4c4ccc(N(c5ccc6c(c5)C(C)(C)C5=C6C=CCC5)c5cccc6oc7ccccc7c56)cc43)ccc21. The van der Waals surface area contributed by atoms with Gasteiger partial charge in [-0.05, 0) is 125 Å². The highest BCUT2D eigenvalue weighted by Crippen LogP contribution is 2.53. The highest BCUT2D eigenvalue weighted by atomic mass is 16.3. The third-order valence-electron chi connectivity index (χ3n) is 13.8. The molecular weight excluding hydrogens is 681 g/mol. The van der Waals surface area contributed by atoms with Gasteiger partial charge in [0.15, 0.2) is 0 Å². The molecule has 0 spiro atoms. The molecule has 0 unspecified atom stereocenters. The van der Waals surface area contributed by atoms with Gasteiger partial charge in [-0.15, -0.1) is 0 Å². The Balaban J connectivity index is 1.18. The Hall–Kier alpha value is -5.80. The molecule has 11 rings (SSSR count). The molecule has 8 aromatic rings. The zero-order chi connectivity index (χ0) is 38.1. The van der Waals surface area contributed by atoms with Crippen LogP contribution in [-0.4, -0.2) is 4.57 Å². The number of aromatic nitrogens is 1. The number of hydrogen-bond donors (Lipinski definition) is 0. The molecule has 3 aliphatic rings. The molecule has 56 heavy (non-hydrogen) atoms. The fourth-order valence-corrected chi connectivity index (χ4v) is 10.6. The lowest BCUT2D eigenvalue weighted by Crippen LogP contribution is -2.33. The Kier molecular flexibility index (Phi) is 6.95. The summed E-state index contributed by atoms with van der Waals surface area (Å²) in [5.74, 6) is 0. The van der Waals surface area contributed by atoms with Crippen LogP contribution in [0, 0.1) is 0 Å². The molecule has 0 radical (unpaired) electrons. The molecule has 0 saturated carbocycles. The number of nitrogens with zero attached hydrogens (tertiary/aromatic N) is 2. The zero-order valence-corrected chi connectivity index (χ0v) is 33.3. The number of benzene rings is 6. The van der Waals surface area contributed by atoms with Crippen molar-refractivity contribution in [2.45, 2.75) is 83.5 Å². The van der Waals surface area contributed by atoms with Crippen molar-refractivity contribution in [1.29, 1.82) is 0 Å². The third kappa shape index (κ3) is 4.70. The lowest BCUT2D eigenvalue weighted by atomic mass is 9.63. The standard InChI is InChI=1S/C53H48N2O/c1-51(2)28-29-52(3,4)44-31-34(24-27-42(44)51)55-45-18-11-8-15-38(45)39-26-23-35(32-47(39)55)54(46-19-13-21-49-50(46)40-16-9-12-20-48(40)56-49)33-22-25-37-36-14-7-10-17-41(36)53(5,6)43(37)30-33/h7-9,11-16,18-27,30-32H,10,17,28-29H2,1-6H3. The Morgan fingerprint density at radius 2 is 1.30 bits per heavy atom. The van der Waals surface area contributed by atoms with E-state index in [1.165, 1.54) is 68.2 Å². The van der Waals surface area contributed by atoms with Crippen LogP contribution < -0.4 is 4.90 Å². The first kappa shape index (κ1) is 33.5. The van der Waals surface area contributed by atoms with Crippen molar-refractivity contribution >= 4 is 66.4 Å². The van der Waals surface area contributed by atoms with E-state index in [4.69, 9.17) is 4.42 Å². The van der Waals surface area contributed by atoms with Crippen LogP contribution in [0.4, 0.5) is 17.1 Å². The molecule has 2 aromatic heterocycles. The molecule has 0 atom stereocenters. The van der Waals surface area contributed by atoms with Gasteiger partial charge in [0.2, 0.25) is 0 Å². The van der Waals surface area contributed by atoms with Gasteiger partial charge < -0.3 is 13.9 Å². The molecule has 3 heteroatoms. The number of allylic oxidation sites excluding steroid dienone is 4. The molecule has 2 heterocycles. The van der Waals surface area contributed by atoms with Crippen molar-refractivity contribution in [3.63, 3.8) is 0 Å². The van der Waals surface area contributed by atoms with E-state index < -0.39 is 0 Å². The lowest BCUT2D eigenvalue weighted by Gasteiger charge is -2.42. The highest BCUT2D eigenvalue weighted by molar-refractivity contribution is 6.14. The summed E-state index contributed by atoms with van der Waals surface area (Å²) in [5, 5.41) is 4.78. The molecule has 6 aromatic carbocycles. The van der Waals surface area contributed by atoms with Crippen molar-refractivity contribution in [3.05, 3.63) is 161 Å². The number of fused-ring (bicyclic) bond motifs is 9. The minimum absolute atomic E-state index is 0.0450. The number of rotatable bonds is 4. The van der Waals surface area contributed by atoms with Crippen LogP contribution in [-0.2, 0) is 16.2 Å². The molecule has 0 saturated heterocycles. The van der Waals surface area contributed by atoms with Crippen LogP contribution in [0.25, 0.3) is 55.0 Å². The van der Waals surface area contributed by atoms with Gasteiger partial charge in [0.1, 0.15) is 11.2 Å². The average molecular weight is 729 g/mol. The number of hydrogen-bond acceptors (Lipinski definition) is 2. The maximum absolute atomic E-state index is 6.51. The summed E-state index contributed by atoms with van der Waals surface area (Å²) < 4.78 is 9.01. The summed E-state index contributed by atoms with van der Waals surface area (Å²) in [6.45, 7) is 14.5. The van der Waals surface area contributed by atoms with Crippen molar-refractivity contribution in [2.24, 2.45) is 0 Å². The van der Waals surface area contributed by atoms with Crippen LogP contribution in [0.1, 0.15) is 89.5 Å². The van der Waals surface area contributed by atoms with Crippen LogP contribution in [0.15, 0.2) is 143 Å². The fraction of sp³-hybridized carbons (Fsp3) is 0.245. The maximum Gasteiger partial charge on any atom is 0.137 e. The predicted octanol–water partition coefficient (Wildman–Crippen LogP) is 14.9. The third-order valence-corrected chi connectivity index (χ3v) is 13.8. The molecule has 0 amide bonds. The first-order valence-corrected chi connectivity index (χ1v) is 20.5. The van der Waals surface area contributed by atoms with Gasteiger partial charge in [-0.1, -0.05) is 120 Å². The fourth-order valence-electron chi connectivity index (χ4n) is 10.6. The van der Waals surface area contributed by atoms with E-state index in [2.05, 4.69) is 184 Å². The summed E-state index contributed by atoms with van der Waals surface area (Å²) in [4.78, 5) is 2.48. The molecule has 276 valence electrons. The van der Waals surface area contributed by atoms with Crippen LogP contribution in [0.2, 0.25) is 0 Å². The Bertz CT molecular complexity index is 3010. The topological polar surface area (TPSA) is 21.3 Å². The van der Waals surface area contributed by atoms with Crippen LogP contribution >= 0.6 is 0 Å². The molecule has 0 aliphatic heterocycles. The maximum atomic E-state index is 6.51. The molecular formula is C53H48N2O. The van der Waals surface area contributed by atoms with E-state index >= 15 is 0 Å². The second-order valence-corrected chi connectivity index (χ2v) is 18.3. The largest absolute Gasteiger partial charge is 0.456 e. The second kappa shape index (κ2) is 11.6. The van der Waals surface area contributed by atoms with E-state index in [0.29, 0.717) is 0 Å². The van der Waals surface area contributed by atoms with Crippen molar-refractivity contribution in [1.82, 2.24) is 4.57 Å².